The molecule has 1 aliphatic rings. The first-order valence-electron chi connectivity index (χ1n) is 10.4. The Morgan fingerprint density at radius 3 is 2.59 bits per heavy atom. The molecule has 2 heterocycles. The molecule has 10 heteroatoms. The molecule has 1 fully saturated rings. The quantitative estimate of drug-likeness (QED) is 0.565. The first kappa shape index (κ1) is 22.1. The number of anilines is 1. The predicted octanol–water partition coefficient (Wildman–Crippen LogP) is 2.37. The molecule has 168 valence electrons. The van der Waals surface area contributed by atoms with Gasteiger partial charge < -0.3 is 10.1 Å². The van der Waals surface area contributed by atoms with Gasteiger partial charge in [-0.05, 0) is 43.2 Å². The summed E-state index contributed by atoms with van der Waals surface area (Å²) < 4.78 is 32.1. The number of morpholine rings is 1. The molecular weight excluding hydrogens is 430 g/mol. The van der Waals surface area contributed by atoms with Crippen LogP contribution in [0.25, 0.3) is 11.4 Å². The fourth-order valence-electron chi connectivity index (χ4n) is 3.45. The molecular formula is C22H25N5O4S. The number of rotatable bonds is 7. The van der Waals surface area contributed by atoms with E-state index in [1.807, 2.05) is 31.2 Å². The highest BCUT2D eigenvalue weighted by Crippen LogP contribution is 2.20. The van der Waals surface area contributed by atoms with E-state index in [0.717, 1.165) is 17.0 Å². The fraction of sp³-hybridized carbons (Fsp3) is 0.318. The van der Waals surface area contributed by atoms with Crippen molar-refractivity contribution in [3.63, 3.8) is 0 Å². The van der Waals surface area contributed by atoms with Crippen LogP contribution < -0.4 is 5.32 Å². The van der Waals surface area contributed by atoms with E-state index in [0.29, 0.717) is 44.2 Å². The zero-order valence-corrected chi connectivity index (χ0v) is 18.6. The van der Waals surface area contributed by atoms with Crippen LogP contribution in [0.15, 0.2) is 53.4 Å². The molecule has 1 aliphatic heterocycles. The number of benzene rings is 2. The number of hydrogen-bond acceptors (Lipinski definition) is 6. The molecule has 32 heavy (non-hydrogen) atoms. The first-order chi connectivity index (χ1) is 15.4. The highest BCUT2D eigenvalue weighted by Gasteiger charge is 2.26. The molecule has 0 bridgehead atoms. The van der Waals surface area contributed by atoms with Crippen molar-refractivity contribution in [1.29, 1.82) is 0 Å². The predicted molar refractivity (Wildman–Crippen MR) is 120 cm³/mol. The summed E-state index contributed by atoms with van der Waals surface area (Å²) >= 11 is 0. The van der Waals surface area contributed by atoms with Gasteiger partial charge in [-0.1, -0.05) is 24.3 Å². The summed E-state index contributed by atoms with van der Waals surface area (Å²) in [6, 6.07) is 14.1. The standard InChI is InChI=1S/C22H25N5O4S/c1-16-23-22(26-25-16)18-3-2-4-19(15-18)24-21(28)10-7-17-5-8-20(9-6-17)32(29,30)27-11-13-31-14-12-27/h2-6,8-9,15H,7,10-14H2,1H3,(H,24,28)(H,23,25,26). The minimum Gasteiger partial charge on any atom is -0.379 e. The van der Waals surface area contributed by atoms with Crippen LogP contribution in [-0.2, 0) is 26.0 Å². The second-order valence-electron chi connectivity index (χ2n) is 7.53. The summed E-state index contributed by atoms with van der Waals surface area (Å²) in [5.74, 6) is 1.17. The van der Waals surface area contributed by atoms with Gasteiger partial charge in [-0.2, -0.15) is 9.40 Å². The van der Waals surface area contributed by atoms with Crippen molar-refractivity contribution in [2.75, 3.05) is 31.6 Å². The van der Waals surface area contributed by atoms with E-state index in [1.165, 1.54) is 4.31 Å². The number of H-pyrrole nitrogens is 1. The molecule has 1 amide bonds. The SMILES string of the molecule is Cc1nc(-c2cccc(NC(=O)CCc3ccc(S(=O)(=O)N4CCOCC4)cc3)c2)n[nH]1. The summed E-state index contributed by atoms with van der Waals surface area (Å²) in [7, 11) is -3.51. The molecule has 1 aromatic heterocycles. The lowest BCUT2D eigenvalue weighted by atomic mass is 10.1. The van der Waals surface area contributed by atoms with Gasteiger partial charge in [0.1, 0.15) is 5.82 Å². The number of sulfonamides is 1. The number of ether oxygens (including phenoxy) is 1. The molecule has 3 aromatic rings. The number of aromatic nitrogens is 3. The van der Waals surface area contributed by atoms with Crippen LogP contribution in [0, 0.1) is 6.92 Å². The number of aromatic amines is 1. The number of amides is 1. The zero-order chi connectivity index (χ0) is 22.6. The van der Waals surface area contributed by atoms with E-state index in [4.69, 9.17) is 4.74 Å². The van der Waals surface area contributed by atoms with Crippen molar-refractivity contribution in [3.05, 3.63) is 59.9 Å². The Kier molecular flexibility index (Phi) is 6.63. The minimum atomic E-state index is -3.51. The maximum atomic E-state index is 12.7. The minimum absolute atomic E-state index is 0.127. The van der Waals surface area contributed by atoms with Crippen LogP contribution >= 0.6 is 0 Å². The smallest absolute Gasteiger partial charge is 0.243 e. The van der Waals surface area contributed by atoms with Crippen molar-refractivity contribution in [3.8, 4) is 11.4 Å². The Morgan fingerprint density at radius 1 is 1.16 bits per heavy atom. The van der Waals surface area contributed by atoms with E-state index in [-0.39, 0.29) is 17.2 Å². The number of nitrogens with one attached hydrogen (secondary N) is 2. The van der Waals surface area contributed by atoms with Gasteiger partial charge in [-0.3, -0.25) is 9.89 Å². The van der Waals surface area contributed by atoms with Crippen LogP contribution in [0.5, 0.6) is 0 Å². The third-order valence-corrected chi connectivity index (χ3v) is 7.09. The average Bonchev–Trinajstić information content (AvgIpc) is 3.25. The average molecular weight is 456 g/mol. The highest BCUT2D eigenvalue weighted by molar-refractivity contribution is 7.89. The maximum Gasteiger partial charge on any atom is 0.243 e. The molecule has 0 saturated carbocycles. The molecule has 0 aliphatic carbocycles. The molecule has 0 radical (unpaired) electrons. The lowest BCUT2D eigenvalue weighted by Crippen LogP contribution is -2.40. The number of aryl methyl sites for hydroxylation is 2. The van der Waals surface area contributed by atoms with Crippen LogP contribution in [0.3, 0.4) is 0 Å². The van der Waals surface area contributed by atoms with Gasteiger partial charge in [0.25, 0.3) is 0 Å². The summed E-state index contributed by atoms with van der Waals surface area (Å²) in [6.45, 7) is 3.37. The summed E-state index contributed by atoms with van der Waals surface area (Å²) in [5.41, 5.74) is 2.37. The third-order valence-electron chi connectivity index (χ3n) is 5.17. The second-order valence-corrected chi connectivity index (χ2v) is 9.47. The summed E-state index contributed by atoms with van der Waals surface area (Å²) in [6.07, 6.45) is 0.781. The molecule has 2 aromatic carbocycles. The monoisotopic (exact) mass is 455 g/mol. The normalized spacial score (nSPS) is 14.9. The van der Waals surface area contributed by atoms with Crippen molar-refractivity contribution in [1.82, 2.24) is 19.5 Å². The number of carbonyl (C=O) groups excluding carboxylic acids is 1. The lowest BCUT2D eigenvalue weighted by molar-refractivity contribution is -0.116. The van der Waals surface area contributed by atoms with E-state index < -0.39 is 10.0 Å². The maximum absolute atomic E-state index is 12.7. The van der Waals surface area contributed by atoms with Gasteiger partial charge in [-0.15, -0.1) is 0 Å². The van der Waals surface area contributed by atoms with Crippen LogP contribution in [0.1, 0.15) is 17.8 Å². The van der Waals surface area contributed by atoms with Gasteiger partial charge in [0.05, 0.1) is 18.1 Å². The van der Waals surface area contributed by atoms with Crippen LogP contribution in [-0.4, -0.2) is 60.1 Å². The number of nitrogens with zero attached hydrogens (tertiary/aromatic N) is 3. The number of hydrogen-bond donors (Lipinski definition) is 2. The van der Waals surface area contributed by atoms with Crippen molar-refractivity contribution in [2.24, 2.45) is 0 Å². The topological polar surface area (TPSA) is 117 Å². The lowest BCUT2D eigenvalue weighted by Gasteiger charge is -2.26. The van der Waals surface area contributed by atoms with E-state index >= 15 is 0 Å². The zero-order valence-electron chi connectivity index (χ0n) is 17.7. The molecule has 4 rings (SSSR count). The van der Waals surface area contributed by atoms with Crippen molar-refractivity contribution < 1.29 is 17.9 Å². The van der Waals surface area contributed by atoms with E-state index in [9.17, 15) is 13.2 Å². The second kappa shape index (κ2) is 9.60. The van der Waals surface area contributed by atoms with Gasteiger partial charge in [0.2, 0.25) is 15.9 Å². The molecule has 1 saturated heterocycles. The van der Waals surface area contributed by atoms with Crippen molar-refractivity contribution >= 4 is 21.6 Å². The van der Waals surface area contributed by atoms with Gasteiger partial charge in [0.15, 0.2) is 5.82 Å². The Morgan fingerprint density at radius 2 is 1.91 bits per heavy atom. The number of carbonyl (C=O) groups is 1. The molecule has 0 spiro atoms. The van der Waals surface area contributed by atoms with E-state index in [1.54, 1.807) is 24.3 Å². The fourth-order valence-corrected chi connectivity index (χ4v) is 4.86. The third kappa shape index (κ3) is 5.21. The van der Waals surface area contributed by atoms with E-state index in [2.05, 4.69) is 20.5 Å². The Hall–Kier alpha value is -3.08. The Labute approximate surface area is 186 Å². The molecule has 0 unspecified atom stereocenters. The molecule has 0 atom stereocenters. The van der Waals surface area contributed by atoms with Gasteiger partial charge in [0, 0.05) is 30.8 Å². The Balaban J connectivity index is 1.33. The molecule has 9 nitrogen and oxygen atoms in total. The van der Waals surface area contributed by atoms with Crippen molar-refractivity contribution in [2.45, 2.75) is 24.7 Å². The van der Waals surface area contributed by atoms with Gasteiger partial charge in [-0.25, -0.2) is 13.4 Å². The van der Waals surface area contributed by atoms with Gasteiger partial charge >= 0.3 is 0 Å². The highest BCUT2D eigenvalue weighted by atomic mass is 32.2. The largest absolute Gasteiger partial charge is 0.379 e. The Bertz CT molecular complexity index is 1190. The first-order valence-corrected chi connectivity index (χ1v) is 11.8. The summed E-state index contributed by atoms with van der Waals surface area (Å²) in [5, 5.41) is 9.83. The molecule has 2 N–H and O–H groups in total. The van der Waals surface area contributed by atoms with Crippen LogP contribution in [0.4, 0.5) is 5.69 Å². The summed E-state index contributed by atoms with van der Waals surface area (Å²) in [4.78, 5) is 17.0. The van der Waals surface area contributed by atoms with Crippen LogP contribution in [0.2, 0.25) is 0 Å².